The van der Waals surface area contributed by atoms with Crippen LogP contribution in [0.1, 0.15) is 26.3 Å². The second-order valence-corrected chi connectivity index (χ2v) is 9.32. The van der Waals surface area contributed by atoms with E-state index in [1.165, 1.54) is 40.7 Å². The minimum atomic E-state index is -3.73. The van der Waals surface area contributed by atoms with Gasteiger partial charge in [0.2, 0.25) is 5.91 Å². The van der Waals surface area contributed by atoms with E-state index in [0.717, 1.165) is 5.56 Å². The van der Waals surface area contributed by atoms with E-state index in [4.69, 9.17) is 17.3 Å². The average Bonchev–Trinajstić information content (AvgIpc) is 3.18. The van der Waals surface area contributed by atoms with E-state index in [9.17, 15) is 18.0 Å². The zero-order valence-corrected chi connectivity index (χ0v) is 17.8. The van der Waals surface area contributed by atoms with E-state index < -0.39 is 15.9 Å². The summed E-state index contributed by atoms with van der Waals surface area (Å²) in [4.78, 5) is 23.9. The number of fused-ring (bicyclic) bond motifs is 1. The number of halogens is 1. The number of sulfonamides is 1. The summed E-state index contributed by atoms with van der Waals surface area (Å²) in [5.74, 6) is -0.886. The van der Waals surface area contributed by atoms with E-state index in [2.05, 4.69) is 5.32 Å². The summed E-state index contributed by atoms with van der Waals surface area (Å²) >= 11 is 5.86. The fourth-order valence-electron chi connectivity index (χ4n) is 3.42. The van der Waals surface area contributed by atoms with Gasteiger partial charge >= 0.3 is 0 Å². The molecular formula is C22H18ClN3O4S. The van der Waals surface area contributed by atoms with E-state index in [-0.39, 0.29) is 10.8 Å². The molecule has 3 aromatic carbocycles. The fourth-order valence-corrected chi connectivity index (χ4v) is 5.05. The summed E-state index contributed by atoms with van der Waals surface area (Å²) in [6, 6.07) is 17.2. The zero-order chi connectivity index (χ0) is 22.2. The summed E-state index contributed by atoms with van der Waals surface area (Å²) in [5.41, 5.74) is 7.81. The van der Waals surface area contributed by atoms with Gasteiger partial charge in [0, 0.05) is 28.4 Å². The van der Waals surface area contributed by atoms with Crippen LogP contribution in [-0.2, 0) is 16.4 Å². The Morgan fingerprint density at radius 3 is 2.23 bits per heavy atom. The lowest BCUT2D eigenvalue weighted by Gasteiger charge is -2.19. The van der Waals surface area contributed by atoms with Crippen molar-refractivity contribution in [2.45, 2.75) is 11.3 Å². The third-order valence-electron chi connectivity index (χ3n) is 5.02. The predicted molar refractivity (Wildman–Crippen MR) is 119 cm³/mol. The van der Waals surface area contributed by atoms with Gasteiger partial charge in [0.15, 0.2) is 0 Å². The first-order valence-corrected chi connectivity index (χ1v) is 11.2. The van der Waals surface area contributed by atoms with Crippen LogP contribution in [0.5, 0.6) is 0 Å². The number of primary amides is 1. The highest BCUT2D eigenvalue weighted by Crippen LogP contribution is 2.34. The number of nitrogens with zero attached hydrogens (tertiary/aromatic N) is 1. The maximum absolute atomic E-state index is 13.0. The summed E-state index contributed by atoms with van der Waals surface area (Å²) in [5, 5.41) is 3.21. The SMILES string of the molecule is NC(=O)c1ccc(NC(=O)c2ccc3c(c2)CCN3S(=O)(=O)c2ccc(Cl)cc2)cc1. The molecule has 0 fully saturated rings. The number of hydrogen-bond donors (Lipinski definition) is 2. The van der Waals surface area contributed by atoms with Gasteiger partial charge in [-0.3, -0.25) is 13.9 Å². The van der Waals surface area contributed by atoms with Crippen molar-refractivity contribution in [3.63, 3.8) is 0 Å². The van der Waals surface area contributed by atoms with Crippen LogP contribution in [-0.4, -0.2) is 26.8 Å². The number of benzene rings is 3. The second-order valence-electron chi connectivity index (χ2n) is 7.02. The number of amides is 2. The van der Waals surface area contributed by atoms with Crippen LogP contribution in [0, 0.1) is 0 Å². The van der Waals surface area contributed by atoms with Crippen molar-refractivity contribution in [3.8, 4) is 0 Å². The van der Waals surface area contributed by atoms with Gasteiger partial charge in [-0.1, -0.05) is 11.6 Å². The first-order chi connectivity index (χ1) is 14.8. The normalized spacial score (nSPS) is 13.0. The van der Waals surface area contributed by atoms with Crippen molar-refractivity contribution in [1.29, 1.82) is 0 Å². The van der Waals surface area contributed by atoms with Crippen molar-refractivity contribution in [3.05, 3.63) is 88.4 Å². The van der Waals surface area contributed by atoms with Crippen LogP contribution >= 0.6 is 11.6 Å². The Morgan fingerprint density at radius 2 is 1.58 bits per heavy atom. The monoisotopic (exact) mass is 455 g/mol. The molecule has 1 heterocycles. The maximum Gasteiger partial charge on any atom is 0.264 e. The first kappa shape index (κ1) is 20.9. The molecule has 1 aliphatic heterocycles. The molecule has 1 aliphatic rings. The molecule has 7 nitrogen and oxygen atoms in total. The molecule has 0 atom stereocenters. The molecule has 158 valence electrons. The summed E-state index contributed by atoms with van der Waals surface area (Å²) in [6.45, 7) is 0.292. The van der Waals surface area contributed by atoms with Gasteiger partial charge in [-0.2, -0.15) is 0 Å². The Morgan fingerprint density at radius 1 is 0.935 bits per heavy atom. The predicted octanol–water partition coefficient (Wildman–Crippen LogP) is 3.44. The third-order valence-corrected chi connectivity index (χ3v) is 7.10. The molecular weight excluding hydrogens is 438 g/mol. The lowest BCUT2D eigenvalue weighted by molar-refractivity contribution is 0.0998. The molecule has 3 aromatic rings. The Balaban J connectivity index is 1.55. The average molecular weight is 456 g/mol. The topological polar surface area (TPSA) is 110 Å². The highest BCUT2D eigenvalue weighted by Gasteiger charge is 2.31. The van der Waals surface area contributed by atoms with Crippen molar-refractivity contribution in [2.24, 2.45) is 5.73 Å². The zero-order valence-electron chi connectivity index (χ0n) is 16.2. The Kier molecular flexibility index (Phi) is 5.43. The molecule has 0 radical (unpaired) electrons. The van der Waals surface area contributed by atoms with Crippen LogP contribution in [0.4, 0.5) is 11.4 Å². The number of anilines is 2. The summed E-state index contributed by atoms with van der Waals surface area (Å²) in [6.07, 6.45) is 0.497. The van der Waals surface area contributed by atoms with Gasteiger partial charge in [0.05, 0.1) is 10.6 Å². The van der Waals surface area contributed by atoms with Crippen molar-refractivity contribution in [2.75, 3.05) is 16.2 Å². The van der Waals surface area contributed by atoms with E-state index >= 15 is 0 Å². The van der Waals surface area contributed by atoms with Crippen molar-refractivity contribution in [1.82, 2.24) is 0 Å². The molecule has 4 rings (SSSR count). The van der Waals surface area contributed by atoms with Gasteiger partial charge in [-0.05, 0) is 78.7 Å². The van der Waals surface area contributed by atoms with Gasteiger partial charge in [0.25, 0.3) is 15.9 Å². The Hall–Kier alpha value is -3.36. The minimum Gasteiger partial charge on any atom is -0.366 e. The second kappa shape index (κ2) is 8.05. The molecule has 0 unspecified atom stereocenters. The standard InChI is InChI=1S/C22H18ClN3O4S/c23-17-4-8-19(9-5-17)31(29,30)26-12-11-15-13-16(3-10-20(15)26)22(28)25-18-6-1-14(2-7-18)21(24)27/h1-10,13H,11-12H2,(H2,24,27)(H,25,28). The van der Waals surface area contributed by atoms with E-state index in [0.29, 0.717) is 40.5 Å². The van der Waals surface area contributed by atoms with Crippen LogP contribution in [0.25, 0.3) is 0 Å². The van der Waals surface area contributed by atoms with Crippen molar-refractivity contribution < 1.29 is 18.0 Å². The number of nitrogens with two attached hydrogens (primary N) is 1. The van der Waals surface area contributed by atoms with E-state index in [1.807, 2.05) is 0 Å². The highest BCUT2D eigenvalue weighted by molar-refractivity contribution is 7.92. The Labute approximate surface area is 184 Å². The molecule has 0 saturated carbocycles. The molecule has 0 saturated heterocycles. The number of hydrogen-bond acceptors (Lipinski definition) is 4. The van der Waals surface area contributed by atoms with Gasteiger partial charge in [0.1, 0.15) is 0 Å². The third kappa shape index (κ3) is 4.12. The summed E-state index contributed by atoms with van der Waals surface area (Å²) < 4.78 is 27.4. The number of carbonyl (C=O) groups is 2. The van der Waals surface area contributed by atoms with Crippen LogP contribution in [0.2, 0.25) is 5.02 Å². The fraction of sp³-hybridized carbons (Fsp3) is 0.0909. The lowest BCUT2D eigenvalue weighted by atomic mass is 10.1. The largest absolute Gasteiger partial charge is 0.366 e. The van der Waals surface area contributed by atoms with Crippen molar-refractivity contribution >= 4 is 44.8 Å². The Bertz CT molecular complexity index is 1270. The number of nitrogens with one attached hydrogen (secondary N) is 1. The first-order valence-electron chi connectivity index (χ1n) is 9.38. The minimum absolute atomic E-state index is 0.158. The quantitative estimate of drug-likeness (QED) is 0.614. The molecule has 0 spiro atoms. The van der Waals surface area contributed by atoms with E-state index in [1.54, 1.807) is 30.3 Å². The number of carbonyl (C=O) groups excluding carboxylic acids is 2. The summed E-state index contributed by atoms with van der Waals surface area (Å²) in [7, 11) is -3.73. The lowest BCUT2D eigenvalue weighted by Crippen LogP contribution is -2.29. The van der Waals surface area contributed by atoms with Crippen LogP contribution in [0.3, 0.4) is 0 Å². The molecule has 2 amide bonds. The molecule has 9 heteroatoms. The number of rotatable bonds is 5. The molecule has 0 aliphatic carbocycles. The van der Waals surface area contributed by atoms with Gasteiger partial charge in [-0.15, -0.1) is 0 Å². The molecule has 3 N–H and O–H groups in total. The molecule has 0 aromatic heterocycles. The highest BCUT2D eigenvalue weighted by atomic mass is 35.5. The smallest absolute Gasteiger partial charge is 0.264 e. The van der Waals surface area contributed by atoms with Gasteiger partial charge < -0.3 is 11.1 Å². The van der Waals surface area contributed by atoms with Gasteiger partial charge in [-0.25, -0.2) is 8.42 Å². The van der Waals surface area contributed by atoms with Crippen LogP contribution in [0.15, 0.2) is 71.6 Å². The molecule has 31 heavy (non-hydrogen) atoms. The van der Waals surface area contributed by atoms with Crippen LogP contribution < -0.4 is 15.4 Å². The maximum atomic E-state index is 13.0. The molecule has 0 bridgehead atoms.